The second-order valence-corrected chi connectivity index (χ2v) is 5.69. The number of para-hydroxylation sites is 1. The predicted molar refractivity (Wildman–Crippen MR) is 86.4 cm³/mol. The second kappa shape index (κ2) is 7.15. The summed E-state index contributed by atoms with van der Waals surface area (Å²) in [5.41, 5.74) is 0.935. The Labute approximate surface area is 137 Å². The van der Waals surface area contributed by atoms with Gasteiger partial charge in [0.25, 0.3) is 0 Å². The van der Waals surface area contributed by atoms with Crippen molar-refractivity contribution in [3.8, 4) is 17.3 Å². The first-order chi connectivity index (χ1) is 11.3. The average Bonchev–Trinajstić information content (AvgIpc) is 3.24. The third kappa shape index (κ3) is 3.45. The maximum absolute atomic E-state index is 11.3. The van der Waals surface area contributed by atoms with Crippen molar-refractivity contribution in [3.63, 3.8) is 0 Å². The van der Waals surface area contributed by atoms with Crippen LogP contribution in [0.25, 0.3) is 17.3 Å². The number of aromatic nitrogens is 3. The number of carbonyl (C=O) groups excluding carboxylic acids is 1. The Bertz CT molecular complexity index is 769. The smallest absolute Gasteiger partial charge is 0.306 e. The number of ether oxygens (including phenoxy) is 1. The largest absolute Gasteiger partial charge is 0.469 e. The quantitative estimate of drug-likeness (QED) is 0.511. The highest BCUT2D eigenvalue weighted by Crippen LogP contribution is 2.28. The number of hydrogen-bond donors (Lipinski definition) is 0. The Balaban J connectivity index is 1.92. The van der Waals surface area contributed by atoms with E-state index >= 15 is 0 Å². The van der Waals surface area contributed by atoms with Crippen LogP contribution in [0.3, 0.4) is 0 Å². The van der Waals surface area contributed by atoms with Gasteiger partial charge in [-0.15, -0.1) is 10.2 Å². The van der Waals surface area contributed by atoms with Crippen LogP contribution in [0.15, 0.2) is 58.3 Å². The lowest BCUT2D eigenvalue weighted by Gasteiger charge is -2.08. The molecule has 7 heteroatoms. The van der Waals surface area contributed by atoms with E-state index in [1.807, 2.05) is 47.0 Å². The zero-order valence-corrected chi connectivity index (χ0v) is 13.3. The lowest BCUT2D eigenvalue weighted by molar-refractivity contribution is -0.140. The van der Waals surface area contributed by atoms with Gasteiger partial charge in [-0.2, -0.15) is 0 Å². The summed E-state index contributed by atoms with van der Waals surface area (Å²) in [7, 11) is 1.38. The SMILES string of the molecule is COC(=O)CCSc1nnc(-c2ccco2)n1-c1ccccc1. The van der Waals surface area contributed by atoms with Gasteiger partial charge in [0, 0.05) is 11.4 Å². The summed E-state index contributed by atoms with van der Waals surface area (Å²) < 4.78 is 12.0. The fraction of sp³-hybridized carbons (Fsp3) is 0.188. The Kier molecular flexibility index (Phi) is 4.77. The van der Waals surface area contributed by atoms with Gasteiger partial charge in [0.1, 0.15) is 0 Å². The lowest BCUT2D eigenvalue weighted by atomic mass is 10.3. The molecule has 0 spiro atoms. The summed E-state index contributed by atoms with van der Waals surface area (Å²) >= 11 is 1.45. The molecule has 0 saturated heterocycles. The number of rotatable bonds is 6. The third-order valence-electron chi connectivity index (χ3n) is 3.15. The number of esters is 1. The Morgan fingerprint density at radius 2 is 2.04 bits per heavy atom. The van der Waals surface area contributed by atoms with Gasteiger partial charge < -0.3 is 9.15 Å². The summed E-state index contributed by atoms with van der Waals surface area (Å²) in [5.74, 6) is 1.59. The average molecular weight is 329 g/mol. The van der Waals surface area contributed by atoms with Crippen molar-refractivity contribution in [1.82, 2.24) is 14.8 Å². The van der Waals surface area contributed by atoms with Gasteiger partial charge in [0.15, 0.2) is 10.9 Å². The van der Waals surface area contributed by atoms with Gasteiger partial charge in [-0.05, 0) is 24.3 Å². The molecule has 23 heavy (non-hydrogen) atoms. The van der Waals surface area contributed by atoms with E-state index in [4.69, 9.17) is 4.42 Å². The van der Waals surface area contributed by atoms with Gasteiger partial charge in [-0.3, -0.25) is 9.36 Å². The van der Waals surface area contributed by atoms with Crippen molar-refractivity contribution in [1.29, 1.82) is 0 Å². The van der Waals surface area contributed by atoms with Crippen molar-refractivity contribution < 1.29 is 13.9 Å². The molecule has 2 heterocycles. The molecule has 0 aliphatic carbocycles. The number of nitrogens with zero attached hydrogens (tertiary/aromatic N) is 3. The molecule has 0 aliphatic heterocycles. The second-order valence-electron chi connectivity index (χ2n) is 4.63. The van der Waals surface area contributed by atoms with E-state index in [9.17, 15) is 4.79 Å². The van der Waals surface area contributed by atoms with Crippen molar-refractivity contribution in [2.24, 2.45) is 0 Å². The molecule has 2 aromatic heterocycles. The first-order valence-electron chi connectivity index (χ1n) is 7.04. The van der Waals surface area contributed by atoms with E-state index in [1.165, 1.54) is 18.9 Å². The van der Waals surface area contributed by atoms with Crippen molar-refractivity contribution in [3.05, 3.63) is 48.7 Å². The molecule has 3 rings (SSSR count). The van der Waals surface area contributed by atoms with Gasteiger partial charge in [0.2, 0.25) is 5.82 Å². The standard InChI is InChI=1S/C16H15N3O3S/c1-21-14(20)9-11-23-16-18-17-15(13-8-5-10-22-13)19(16)12-6-3-2-4-7-12/h2-8,10H,9,11H2,1H3. The minimum atomic E-state index is -0.241. The van der Waals surface area contributed by atoms with Crippen LogP contribution in [0.4, 0.5) is 0 Å². The molecule has 118 valence electrons. The molecule has 6 nitrogen and oxygen atoms in total. The molecule has 0 atom stereocenters. The minimum Gasteiger partial charge on any atom is -0.469 e. The molecule has 0 radical (unpaired) electrons. The van der Waals surface area contributed by atoms with Gasteiger partial charge in [0.05, 0.1) is 19.8 Å². The number of thioether (sulfide) groups is 1. The zero-order valence-electron chi connectivity index (χ0n) is 12.5. The normalized spacial score (nSPS) is 10.7. The summed E-state index contributed by atoms with van der Waals surface area (Å²) in [6.07, 6.45) is 1.92. The van der Waals surface area contributed by atoms with E-state index < -0.39 is 0 Å². The Morgan fingerprint density at radius 3 is 2.74 bits per heavy atom. The highest BCUT2D eigenvalue weighted by Gasteiger charge is 2.18. The zero-order chi connectivity index (χ0) is 16.1. The molecular weight excluding hydrogens is 314 g/mol. The lowest BCUT2D eigenvalue weighted by Crippen LogP contribution is -2.03. The summed E-state index contributed by atoms with van der Waals surface area (Å²) in [5, 5.41) is 9.17. The number of hydrogen-bond acceptors (Lipinski definition) is 6. The number of benzene rings is 1. The molecule has 0 N–H and O–H groups in total. The van der Waals surface area contributed by atoms with Gasteiger partial charge in [-0.25, -0.2) is 0 Å². The number of furan rings is 1. The molecule has 0 aliphatic rings. The maximum atomic E-state index is 11.3. The summed E-state index contributed by atoms with van der Waals surface area (Å²) in [4.78, 5) is 11.3. The molecular formula is C16H15N3O3S. The Hall–Kier alpha value is -2.54. The fourth-order valence-electron chi connectivity index (χ4n) is 2.07. The van der Waals surface area contributed by atoms with Crippen LogP contribution in [-0.4, -0.2) is 33.6 Å². The van der Waals surface area contributed by atoms with Crippen LogP contribution in [0.5, 0.6) is 0 Å². The molecule has 1 aromatic carbocycles. The third-order valence-corrected chi connectivity index (χ3v) is 4.09. The molecule has 3 aromatic rings. The highest BCUT2D eigenvalue weighted by molar-refractivity contribution is 7.99. The first kappa shape index (κ1) is 15.4. The topological polar surface area (TPSA) is 70.2 Å². The minimum absolute atomic E-state index is 0.241. The van der Waals surface area contributed by atoms with E-state index in [2.05, 4.69) is 14.9 Å². The Morgan fingerprint density at radius 1 is 1.22 bits per heavy atom. The van der Waals surface area contributed by atoms with Gasteiger partial charge >= 0.3 is 5.97 Å². The monoisotopic (exact) mass is 329 g/mol. The molecule has 0 fully saturated rings. The van der Waals surface area contributed by atoms with Crippen LogP contribution in [0.1, 0.15) is 6.42 Å². The highest BCUT2D eigenvalue weighted by atomic mass is 32.2. The van der Waals surface area contributed by atoms with Crippen molar-refractivity contribution in [2.45, 2.75) is 11.6 Å². The van der Waals surface area contributed by atoms with E-state index in [0.717, 1.165) is 5.69 Å². The predicted octanol–water partition coefficient (Wildman–Crippen LogP) is 3.18. The summed E-state index contributed by atoms with van der Waals surface area (Å²) in [6, 6.07) is 13.4. The van der Waals surface area contributed by atoms with Crippen LogP contribution in [0, 0.1) is 0 Å². The maximum Gasteiger partial charge on any atom is 0.306 e. The molecule has 0 amide bonds. The molecule has 0 unspecified atom stereocenters. The van der Waals surface area contributed by atoms with Crippen LogP contribution >= 0.6 is 11.8 Å². The number of methoxy groups -OCH3 is 1. The van der Waals surface area contributed by atoms with Crippen LogP contribution in [-0.2, 0) is 9.53 Å². The van der Waals surface area contributed by atoms with Gasteiger partial charge in [-0.1, -0.05) is 30.0 Å². The fourth-order valence-corrected chi connectivity index (χ4v) is 2.94. The van der Waals surface area contributed by atoms with E-state index in [-0.39, 0.29) is 5.97 Å². The molecule has 0 bridgehead atoms. The van der Waals surface area contributed by atoms with E-state index in [1.54, 1.807) is 6.26 Å². The van der Waals surface area contributed by atoms with Crippen LogP contribution in [0.2, 0.25) is 0 Å². The summed E-state index contributed by atoms with van der Waals surface area (Å²) in [6.45, 7) is 0. The first-order valence-corrected chi connectivity index (χ1v) is 8.02. The number of carbonyl (C=O) groups is 1. The van der Waals surface area contributed by atoms with E-state index in [0.29, 0.717) is 28.9 Å². The van der Waals surface area contributed by atoms with Crippen molar-refractivity contribution in [2.75, 3.05) is 12.9 Å². The van der Waals surface area contributed by atoms with Crippen LogP contribution < -0.4 is 0 Å². The van der Waals surface area contributed by atoms with Crippen molar-refractivity contribution >= 4 is 17.7 Å². The molecule has 0 saturated carbocycles.